The molecule has 0 aliphatic carbocycles. The Bertz CT molecular complexity index is 711. The molecule has 18 heavy (non-hydrogen) atoms. The molecule has 0 bridgehead atoms. The van der Waals surface area contributed by atoms with E-state index in [1.54, 1.807) is 0 Å². The first-order chi connectivity index (χ1) is 8.58. The van der Waals surface area contributed by atoms with Crippen molar-refractivity contribution < 1.29 is 0 Å². The largest absolute Gasteiger partial charge is 0.0843 e. The van der Waals surface area contributed by atoms with E-state index >= 15 is 0 Å². The van der Waals surface area contributed by atoms with Crippen molar-refractivity contribution in [1.82, 2.24) is 0 Å². The molecule has 0 aliphatic rings. The summed E-state index contributed by atoms with van der Waals surface area (Å²) in [6.07, 6.45) is 0. The quantitative estimate of drug-likeness (QED) is 0.410. The Balaban J connectivity index is 2.62. The summed E-state index contributed by atoms with van der Waals surface area (Å²) in [5.74, 6) is 0. The molecule has 3 rings (SSSR count). The first kappa shape index (κ1) is 12.4. The minimum Gasteiger partial charge on any atom is -0.0843 e. The lowest BCUT2D eigenvalue weighted by molar-refractivity contribution is 1.76. The molecule has 0 nitrogen and oxygen atoms in total. The van der Waals surface area contributed by atoms with Crippen molar-refractivity contribution in [2.24, 2.45) is 0 Å². The summed E-state index contributed by atoms with van der Waals surface area (Å²) in [5.41, 5.74) is 0. The van der Waals surface area contributed by atoms with Gasteiger partial charge in [0.15, 0.2) is 0 Å². The third kappa shape index (κ3) is 1.85. The average molecular weight is 316 g/mol. The molecule has 3 aromatic carbocycles. The summed E-state index contributed by atoms with van der Waals surface area (Å²) in [4.78, 5) is 0. The van der Waals surface area contributed by atoms with Crippen molar-refractivity contribution in [3.8, 4) is 0 Å². The third-order valence-corrected chi connectivity index (χ3v) is 4.27. The lowest BCUT2D eigenvalue weighted by atomic mass is 10.0. The maximum Gasteiger partial charge on any atom is 0.0677 e. The number of hydrogen-bond acceptors (Lipinski definition) is 0. The van der Waals surface area contributed by atoms with Crippen LogP contribution in [-0.4, -0.2) is 0 Å². The molecule has 0 saturated heterocycles. The Hall–Kier alpha value is -0.660. The van der Waals surface area contributed by atoms with Crippen molar-refractivity contribution in [2.75, 3.05) is 0 Å². The zero-order valence-corrected chi connectivity index (χ0v) is 12.0. The molecule has 0 aliphatic heterocycles. The highest BCUT2D eigenvalue weighted by Crippen LogP contribution is 2.40. The van der Waals surface area contributed by atoms with Crippen LogP contribution in [0.4, 0.5) is 0 Å². The van der Waals surface area contributed by atoms with Crippen LogP contribution >= 0.6 is 46.4 Å². The van der Waals surface area contributed by atoms with Gasteiger partial charge in [-0.15, -0.1) is 0 Å². The fourth-order valence-corrected chi connectivity index (χ4v) is 2.96. The number of halogens is 4. The van der Waals surface area contributed by atoms with Gasteiger partial charge in [0, 0.05) is 20.8 Å². The van der Waals surface area contributed by atoms with Gasteiger partial charge in [-0.05, 0) is 35.0 Å². The van der Waals surface area contributed by atoms with Gasteiger partial charge in [-0.25, -0.2) is 0 Å². The van der Waals surface area contributed by atoms with Gasteiger partial charge >= 0.3 is 0 Å². The summed E-state index contributed by atoms with van der Waals surface area (Å²) >= 11 is 24.6. The van der Waals surface area contributed by atoms with E-state index in [2.05, 4.69) is 0 Å². The Morgan fingerprint density at radius 2 is 0.889 bits per heavy atom. The Labute approximate surface area is 124 Å². The lowest BCUT2D eigenvalue weighted by Gasteiger charge is -2.10. The molecule has 0 heterocycles. The number of rotatable bonds is 0. The molecular weight excluding hydrogens is 310 g/mol. The van der Waals surface area contributed by atoms with E-state index in [-0.39, 0.29) is 0 Å². The van der Waals surface area contributed by atoms with Gasteiger partial charge in [-0.3, -0.25) is 0 Å². The molecule has 0 saturated carbocycles. The summed E-state index contributed by atoms with van der Waals surface area (Å²) in [6, 6.07) is 11.2. The normalized spacial score (nSPS) is 11.3. The Morgan fingerprint density at radius 3 is 1.28 bits per heavy atom. The summed E-state index contributed by atoms with van der Waals surface area (Å²) in [7, 11) is 0. The van der Waals surface area contributed by atoms with E-state index in [1.807, 2.05) is 36.4 Å². The standard InChI is InChI=1S/C14H6Cl4/c15-7-1-3-9-10-4-2-8(16)6-12(10)14(18)13(17)11(9)5-7/h1-6H. The Morgan fingerprint density at radius 1 is 0.500 bits per heavy atom. The highest BCUT2D eigenvalue weighted by atomic mass is 35.5. The van der Waals surface area contributed by atoms with E-state index in [1.165, 1.54) is 0 Å². The van der Waals surface area contributed by atoms with E-state index in [0.717, 1.165) is 21.5 Å². The van der Waals surface area contributed by atoms with Crippen molar-refractivity contribution in [2.45, 2.75) is 0 Å². The predicted octanol–water partition coefficient (Wildman–Crippen LogP) is 6.61. The molecule has 0 amide bonds. The second-order valence-corrected chi connectivity index (χ2v) is 5.64. The van der Waals surface area contributed by atoms with Gasteiger partial charge in [-0.2, -0.15) is 0 Å². The highest BCUT2D eigenvalue weighted by molar-refractivity contribution is 6.50. The first-order valence-corrected chi connectivity index (χ1v) is 6.74. The van der Waals surface area contributed by atoms with E-state index < -0.39 is 0 Å². The van der Waals surface area contributed by atoms with E-state index in [0.29, 0.717) is 20.1 Å². The molecule has 0 N–H and O–H groups in total. The Kier molecular flexibility index (Phi) is 3.07. The molecule has 0 radical (unpaired) electrons. The fourth-order valence-electron chi connectivity index (χ4n) is 2.10. The number of benzene rings is 3. The lowest BCUT2D eigenvalue weighted by Crippen LogP contribution is -1.82. The van der Waals surface area contributed by atoms with Crippen molar-refractivity contribution >= 4 is 67.9 Å². The third-order valence-electron chi connectivity index (χ3n) is 2.92. The second-order valence-electron chi connectivity index (χ2n) is 4.01. The monoisotopic (exact) mass is 314 g/mol. The van der Waals surface area contributed by atoms with Gasteiger partial charge in [0.2, 0.25) is 0 Å². The average Bonchev–Trinajstić information content (AvgIpc) is 2.36. The first-order valence-electron chi connectivity index (χ1n) is 5.23. The van der Waals surface area contributed by atoms with Crippen molar-refractivity contribution in [1.29, 1.82) is 0 Å². The molecule has 3 aromatic rings. The molecule has 0 aromatic heterocycles. The maximum absolute atomic E-state index is 6.30. The smallest absolute Gasteiger partial charge is 0.0677 e. The molecular formula is C14H6Cl4. The summed E-state index contributed by atoms with van der Waals surface area (Å²) < 4.78 is 0. The van der Waals surface area contributed by atoms with Gasteiger partial charge in [0.1, 0.15) is 0 Å². The van der Waals surface area contributed by atoms with Crippen LogP contribution in [0.2, 0.25) is 20.1 Å². The summed E-state index contributed by atoms with van der Waals surface area (Å²) in [6.45, 7) is 0. The minimum atomic E-state index is 0.504. The van der Waals surface area contributed by atoms with E-state index in [9.17, 15) is 0 Å². The van der Waals surface area contributed by atoms with Crippen LogP contribution in [0.15, 0.2) is 36.4 Å². The van der Waals surface area contributed by atoms with Crippen LogP contribution in [0.5, 0.6) is 0 Å². The van der Waals surface area contributed by atoms with Crippen LogP contribution < -0.4 is 0 Å². The van der Waals surface area contributed by atoms with Gasteiger partial charge in [0.25, 0.3) is 0 Å². The van der Waals surface area contributed by atoms with Gasteiger partial charge in [0.05, 0.1) is 10.0 Å². The number of fused-ring (bicyclic) bond motifs is 3. The molecule has 0 fully saturated rings. The minimum absolute atomic E-state index is 0.504. The second kappa shape index (κ2) is 4.47. The maximum atomic E-state index is 6.30. The number of hydrogen-bond donors (Lipinski definition) is 0. The molecule has 90 valence electrons. The molecule has 0 spiro atoms. The van der Waals surface area contributed by atoms with Crippen LogP contribution in [0.25, 0.3) is 21.5 Å². The molecule has 0 unspecified atom stereocenters. The summed E-state index contributed by atoms with van der Waals surface area (Å²) in [5, 5.41) is 6.00. The van der Waals surface area contributed by atoms with E-state index in [4.69, 9.17) is 46.4 Å². The van der Waals surface area contributed by atoms with Crippen molar-refractivity contribution in [3.63, 3.8) is 0 Å². The highest BCUT2D eigenvalue weighted by Gasteiger charge is 2.12. The van der Waals surface area contributed by atoms with Crippen LogP contribution in [0.3, 0.4) is 0 Å². The zero-order valence-electron chi connectivity index (χ0n) is 8.98. The van der Waals surface area contributed by atoms with Crippen LogP contribution in [0, 0.1) is 0 Å². The molecule has 4 heteroatoms. The topological polar surface area (TPSA) is 0 Å². The predicted molar refractivity (Wildman–Crippen MR) is 81.5 cm³/mol. The van der Waals surface area contributed by atoms with Crippen LogP contribution in [0.1, 0.15) is 0 Å². The SMILES string of the molecule is Clc1ccc2c(c1)c(Cl)c(Cl)c1cc(Cl)ccc12. The van der Waals surface area contributed by atoms with Crippen LogP contribution in [-0.2, 0) is 0 Å². The van der Waals surface area contributed by atoms with Gasteiger partial charge in [-0.1, -0.05) is 58.5 Å². The molecule has 0 atom stereocenters. The zero-order chi connectivity index (χ0) is 12.9. The fraction of sp³-hybridized carbons (Fsp3) is 0. The van der Waals surface area contributed by atoms with Crippen molar-refractivity contribution in [3.05, 3.63) is 56.5 Å². The van der Waals surface area contributed by atoms with Gasteiger partial charge < -0.3 is 0 Å².